The maximum Gasteiger partial charge on any atom is 0.266 e. The summed E-state index contributed by atoms with van der Waals surface area (Å²) >= 11 is 0. The number of carbonyl (C=O) groups is 1. The Morgan fingerprint density at radius 2 is 1.71 bits per heavy atom. The number of para-hydroxylation sites is 1. The van der Waals surface area contributed by atoms with Crippen molar-refractivity contribution in [3.8, 4) is 5.69 Å². The number of fused-ring (bicyclic) bond motifs is 1. The first-order valence-electron chi connectivity index (χ1n) is 13.7. The van der Waals surface area contributed by atoms with Gasteiger partial charge in [0.05, 0.1) is 22.6 Å². The highest BCUT2D eigenvalue weighted by Crippen LogP contribution is 2.28. The first kappa shape index (κ1) is 27.2. The molecule has 0 bridgehead atoms. The Balaban J connectivity index is 1.89. The van der Waals surface area contributed by atoms with Crippen molar-refractivity contribution >= 4 is 16.8 Å². The van der Waals surface area contributed by atoms with E-state index in [-0.39, 0.29) is 11.5 Å². The molecule has 5 nitrogen and oxygen atoms in total. The molecule has 0 saturated heterocycles. The lowest BCUT2D eigenvalue weighted by atomic mass is 10.1. The van der Waals surface area contributed by atoms with E-state index in [1.165, 1.54) is 17.7 Å². The number of aromatic nitrogens is 2. The molecular weight excluding hydrogens is 477 g/mol. The summed E-state index contributed by atoms with van der Waals surface area (Å²) in [5.41, 5.74) is 2.60. The Labute approximate surface area is 224 Å². The zero-order chi connectivity index (χ0) is 27.1. The summed E-state index contributed by atoms with van der Waals surface area (Å²) in [5.74, 6) is -0.199. The summed E-state index contributed by atoms with van der Waals surface area (Å²) in [5, 5.41) is 0.525. The number of unbranched alkanes of at least 4 members (excludes halogenated alkanes) is 3. The third-order valence-electron chi connectivity index (χ3n) is 7.05. The van der Waals surface area contributed by atoms with E-state index in [1.807, 2.05) is 49.4 Å². The molecule has 4 aromatic rings. The minimum Gasteiger partial charge on any atom is -0.328 e. The van der Waals surface area contributed by atoms with Gasteiger partial charge in [0, 0.05) is 12.1 Å². The van der Waals surface area contributed by atoms with Gasteiger partial charge in [-0.25, -0.2) is 9.37 Å². The first-order chi connectivity index (χ1) is 18.5. The van der Waals surface area contributed by atoms with Crippen LogP contribution in [0, 0.1) is 5.82 Å². The average molecular weight is 514 g/mol. The molecule has 1 heterocycles. The van der Waals surface area contributed by atoms with Crippen LogP contribution in [0.1, 0.15) is 80.7 Å². The monoisotopic (exact) mass is 513 g/mol. The van der Waals surface area contributed by atoms with Gasteiger partial charge in [0.15, 0.2) is 0 Å². The van der Waals surface area contributed by atoms with Gasteiger partial charge in [0.1, 0.15) is 11.6 Å². The number of halogens is 1. The Morgan fingerprint density at radius 3 is 2.39 bits per heavy atom. The Kier molecular flexibility index (Phi) is 9.06. The van der Waals surface area contributed by atoms with Crippen molar-refractivity contribution in [3.05, 3.63) is 106 Å². The van der Waals surface area contributed by atoms with E-state index in [2.05, 4.69) is 13.8 Å². The van der Waals surface area contributed by atoms with Gasteiger partial charge in [-0.15, -0.1) is 0 Å². The molecule has 1 amide bonds. The Morgan fingerprint density at radius 1 is 0.947 bits per heavy atom. The van der Waals surface area contributed by atoms with Crippen LogP contribution in [-0.4, -0.2) is 26.9 Å². The number of aryl methyl sites for hydroxylation is 1. The molecule has 0 aliphatic rings. The van der Waals surface area contributed by atoms with Crippen molar-refractivity contribution in [1.29, 1.82) is 0 Å². The molecule has 1 unspecified atom stereocenters. The fourth-order valence-corrected chi connectivity index (χ4v) is 4.94. The number of carbonyl (C=O) groups excluding carboxylic acids is 1. The van der Waals surface area contributed by atoms with E-state index in [0.717, 1.165) is 32.1 Å². The van der Waals surface area contributed by atoms with Crippen LogP contribution >= 0.6 is 0 Å². The van der Waals surface area contributed by atoms with Gasteiger partial charge in [-0.1, -0.05) is 70.4 Å². The van der Waals surface area contributed by atoms with Crippen molar-refractivity contribution in [1.82, 2.24) is 14.5 Å². The van der Waals surface area contributed by atoms with E-state index in [0.29, 0.717) is 40.9 Å². The number of benzene rings is 3. The minimum atomic E-state index is -0.476. The normalized spacial score (nSPS) is 12.0. The molecule has 0 aliphatic heterocycles. The number of hydrogen-bond donors (Lipinski definition) is 0. The van der Waals surface area contributed by atoms with Crippen LogP contribution < -0.4 is 5.56 Å². The second-order valence-electron chi connectivity index (χ2n) is 9.64. The summed E-state index contributed by atoms with van der Waals surface area (Å²) in [6.45, 7) is 6.72. The molecule has 0 spiro atoms. The van der Waals surface area contributed by atoms with Crippen molar-refractivity contribution in [3.63, 3.8) is 0 Å². The minimum absolute atomic E-state index is 0.169. The van der Waals surface area contributed by atoms with E-state index < -0.39 is 11.9 Å². The van der Waals surface area contributed by atoms with Gasteiger partial charge >= 0.3 is 0 Å². The smallest absolute Gasteiger partial charge is 0.266 e. The summed E-state index contributed by atoms with van der Waals surface area (Å²) in [4.78, 5) is 34.5. The molecule has 1 atom stereocenters. The van der Waals surface area contributed by atoms with Crippen molar-refractivity contribution in [2.24, 2.45) is 0 Å². The van der Waals surface area contributed by atoms with Gasteiger partial charge in [-0.05, 0) is 67.3 Å². The molecule has 0 fully saturated rings. The summed E-state index contributed by atoms with van der Waals surface area (Å²) in [6, 6.07) is 20.5. The van der Waals surface area contributed by atoms with Crippen LogP contribution in [-0.2, 0) is 6.42 Å². The molecule has 4 rings (SSSR count). The number of amides is 1. The highest BCUT2D eigenvalue weighted by Gasteiger charge is 2.29. The molecule has 6 heteroatoms. The Bertz CT molecular complexity index is 1450. The fourth-order valence-electron chi connectivity index (χ4n) is 4.94. The highest BCUT2D eigenvalue weighted by molar-refractivity contribution is 5.94. The van der Waals surface area contributed by atoms with Crippen molar-refractivity contribution in [2.45, 2.75) is 65.3 Å². The molecule has 198 valence electrons. The molecule has 0 radical (unpaired) electrons. The van der Waals surface area contributed by atoms with E-state index in [4.69, 9.17) is 4.98 Å². The third kappa shape index (κ3) is 5.85. The molecule has 0 N–H and O–H groups in total. The number of rotatable bonds is 11. The highest BCUT2D eigenvalue weighted by atomic mass is 19.1. The van der Waals surface area contributed by atoms with Crippen LogP contribution in [0.4, 0.5) is 4.39 Å². The predicted molar refractivity (Wildman–Crippen MR) is 151 cm³/mol. The molecule has 0 saturated carbocycles. The lowest BCUT2D eigenvalue weighted by molar-refractivity contribution is 0.0654. The molecule has 1 aromatic heterocycles. The quantitative estimate of drug-likeness (QED) is 0.198. The van der Waals surface area contributed by atoms with Crippen molar-refractivity contribution in [2.75, 3.05) is 6.54 Å². The predicted octanol–water partition coefficient (Wildman–Crippen LogP) is 7.26. The lowest BCUT2D eigenvalue weighted by Gasteiger charge is -2.32. The molecule has 38 heavy (non-hydrogen) atoms. The summed E-state index contributed by atoms with van der Waals surface area (Å²) in [7, 11) is 0. The fraction of sp³-hybridized carbons (Fsp3) is 0.344. The van der Waals surface area contributed by atoms with Crippen LogP contribution in [0.15, 0.2) is 77.6 Å². The summed E-state index contributed by atoms with van der Waals surface area (Å²) in [6.07, 6.45) is 5.39. The maximum atomic E-state index is 14.1. The van der Waals surface area contributed by atoms with Gasteiger partial charge in [0.2, 0.25) is 0 Å². The summed E-state index contributed by atoms with van der Waals surface area (Å²) < 4.78 is 15.7. The molecular formula is C32H36FN3O2. The average Bonchev–Trinajstić information content (AvgIpc) is 2.94. The zero-order valence-corrected chi connectivity index (χ0v) is 22.5. The van der Waals surface area contributed by atoms with E-state index in [9.17, 15) is 14.0 Å². The van der Waals surface area contributed by atoms with Gasteiger partial charge in [-0.2, -0.15) is 0 Å². The SMILES string of the molecule is CCCCCCN(C(=O)c1cccc(F)c1)C(CC)c1nc2ccccc2c(=O)n1-c1ccc(CC)cc1. The van der Waals surface area contributed by atoms with Crippen LogP contribution in [0.5, 0.6) is 0 Å². The second-order valence-corrected chi connectivity index (χ2v) is 9.64. The van der Waals surface area contributed by atoms with Crippen LogP contribution in [0.25, 0.3) is 16.6 Å². The third-order valence-corrected chi connectivity index (χ3v) is 7.05. The van der Waals surface area contributed by atoms with E-state index in [1.54, 1.807) is 27.7 Å². The number of nitrogens with zero attached hydrogens (tertiary/aromatic N) is 3. The van der Waals surface area contributed by atoms with Gasteiger partial charge in [-0.3, -0.25) is 14.2 Å². The van der Waals surface area contributed by atoms with Crippen LogP contribution in [0.2, 0.25) is 0 Å². The van der Waals surface area contributed by atoms with E-state index >= 15 is 0 Å². The van der Waals surface area contributed by atoms with Crippen LogP contribution in [0.3, 0.4) is 0 Å². The van der Waals surface area contributed by atoms with Gasteiger partial charge < -0.3 is 4.90 Å². The van der Waals surface area contributed by atoms with Gasteiger partial charge in [0.25, 0.3) is 11.5 Å². The Hall–Kier alpha value is -3.80. The van der Waals surface area contributed by atoms with Crippen molar-refractivity contribution < 1.29 is 9.18 Å². The molecule has 3 aromatic carbocycles. The lowest BCUT2D eigenvalue weighted by Crippen LogP contribution is -2.39. The molecule has 0 aliphatic carbocycles. The zero-order valence-electron chi connectivity index (χ0n) is 22.5. The second kappa shape index (κ2) is 12.6. The number of hydrogen-bond acceptors (Lipinski definition) is 3. The maximum absolute atomic E-state index is 14.1. The topological polar surface area (TPSA) is 55.2 Å². The first-order valence-corrected chi connectivity index (χ1v) is 13.7. The standard InChI is InChI=1S/C32H36FN3O2/c1-4-7-8-11-21-35(31(37)24-13-12-14-25(33)22-24)29(6-3)30-34-28-16-10-9-15-27(28)32(38)36(30)26-19-17-23(5-2)18-20-26/h9-10,12-20,22,29H,4-8,11,21H2,1-3H3. The largest absolute Gasteiger partial charge is 0.328 e.